The molecule has 0 N–H and O–H groups in total. The summed E-state index contributed by atoms with van der Waals surface area (Å²) in [5.41, 5.74) is 1.18. The zero-order chi connectivity index (χ0) is 25.0. The van der Waals surface area contributed by atoms with Gasteiger partial charge in [0.1, 0.15) is 17.6 Å². The number of aryl methyl sites for hydroxylation is 1. The maximum atomic E-state index is 13.6. The molecule has 0 radical (unpaired) electrons. The Kier molecular flexibility index (Phi) is 10.8. The lowest BCUT2D eigenvalue weighted by molar-refractivity contribution is -0.150. The van der Waals surface area contributed by atoms with Crippen LogP contribution >= 0.6 is 0 Å². The summed E-state index contributed by atoms with van der Waals surface area (Å²) in [6.07, 6.45) is 4.46. The Morgan fingerprint density at radius 2 is 1.80 bits per heavy atom. The summed E-state index contributed by atoms with van der Waals surface area (Å²) in [6, 6.07) is 13.5. The minimum atomic E-state index is -0.481. The van der Waals surface area contributed by atoms with Gasteiger partial charge < -0.3 is 19.0 Å². The van der Waals surface area contributed by atoms with Gasteiger partial charge in [-0.3, -0.25) is 14.5 Å². The minimum absolute atomic E-state index is 0.00947. The first-order valence-corrected chi connectivity index (χ1v) is 13.0. The molecule has 0 saturated carbocycles. The van der Waals surface area contributed by atoms with E-state index in [9.17, 15) is 9.59 Å². The monoisotopic (exact) mass is 483 g/mol. The number of esters is 1. The third-order valence-electron chi connectivity index (χ3n) is 6.67. The number of nitrogens with zero attached hydrogens (tertiary/aromatic N) is 3. The van der Waals surface area contributed by atoms with Gasteiger partial charge in [-0.15, -0.1) is 0 Å². The van der Waals surface area contributed by atoms with Crippen LogP contribution in [0.3, 0.4) is 0 Å². The molecule has 0 spiro atoms. The highest BCUT2D eigenvalue weighted by molar-refractivity contribution is 5.80. The number of amides is 1. The fourth-order valence-corrected chi connectivity index (χ4v) is 4.51. The molecule has 2 heterocycles. The second-order valence-electron chi connectivity index (χ2n) is 9.36. The van der Waals surface area contributed by atoms with Crippen molar-refractivity contribution in [3.05, 3.63) is 59.5 Å². The molecule has 2 aromatic rings. The van der Waals surface area contributed by atoms with Gasteiger partial charge >= 0.3 is 5.97 Å². The number of rotatable bonds is 13. The Hall–Kier alpha value is -2.64. The van der Waals surface area contributed by atoms with E-state index in [0.29, 0.717) is 26.2 Å². The lowest BCUT2D eigenvalue weighted by atomic mass is 10.1. The summed E-state index contributed by atoms with van der Waals surface area (Å²) in [5.74, 6) is 1.30. The lowest BCUT2D eigenvalue weighted by Crippen LogP contribution is -2.50. The summed E-state index contributed by atoms with van der Waals surface area (Å²) < 4.78 is 11.1. The fourth-order valence-electron chi connectivity index (χ4n) is 4.51. The van der Waals surface area contributed by atoms with Crippen LogP contribution in [0.25, 0.3) is 0 Å². The number of hydrogen-bond donors (Lipinski definition) is 0. The summed E-state index contributed by atoms with van der Waals surface area (Å²) in [6.45, 7) is 10.7. The topological polar surface area (TPSA) is 66.2 Å². The first-order chi connectivity index (χ1) is 17.0. The van der Waals surface area contributed by atoms with Gasteiger partial charge in [-0.2, -0.15) is 0 Å². The van der Waals surface area contributed by atoms with Gasteiger partial charge in [0.2, 0.25) is 5.91 Å². The van der Waals surface area contributed by atoms with Crippen molar-refractivity contribution in [2.24, 2.45) is 0 Å². The number of piperidine rings is 1. The predicted molar refractivity (Wildman–Crippen MR) is 137 cm³/mol. The Balaban J connectivity index is 1.70. The quantitative estimate of drug-likeness (QED) is 0.403. The van der Waals surface area contributed by atoms with E-state index in [-0.39, 0.29) is 18.4 Å². The molecule has 192 valence electrons. The highest BCUT2D eigenvalue weighted by atomic mass is 16.5. The van der Waals surface area contributed by atoms with E-state index in [2.05, 4.69) is 17.0 Å². The van der Waals surface area contributed by atoms with E-state index in [4.69, 9.17) is 9.15 Å². The molecule has 1 atom stereocenters. The van der Waals surface area contributed by atoms with Crippen LogP contribution in [0.4, 0.5) is 0 Å². The molecule has 3 rings (SSSR count). The standard InChI is InChI=1S/C28H41N3O4/c1-4-34-28(33)24(3)30(20-19-29-16-9-6-10-17-29)22-27(32)31(21-26-14-13-23(2)35-26)18-15-25-11-7-5-8-12-25/h5,7-8,11-14,24H,4,6,9-10,15-22H2,1-3H3. The first-order valence-electron chi connectivity index (χ1n) is 13.0. The van der Waals surface area contributed by atoms with Crippen molar-refractivity contribution in [3.8, 4) is 0 Å². The van der Waals surface area contributed by atoms with Crippen LogP contribution in [0.5, 0.6) is 0 Å². The number of carbonyl (C=O) groups is 2. The Bertz CT molecular complexity index is 908. The smallest absolute Gasteiger partial charge is 0.323 e. The average Bonchev–Trinajstić information content (AvgIpc) is 3.29. The molecule has 1 aliphatic rings. The molecular formula is C28H41N3O4. The van der Waals surface area contributed by atoms with E-state index >= 15 is 0 Å². The molecule has 0 aliphatic carbocycles. The molecule has 7 nitrogen and oxygen atoms in total. The van der Waals surface area contributed by atoms with Crippen LogP contribution < -0.4 is 0 Å². The zero-order valence-electron chi connectivity index (χ0n) is 21.6. The minimum Gasteiger partial charge on any atom is -0.465 e. The van der Waals surface area contributed by atoms with E-state index in [1.54, 1.807) is 0 Å². The van der Waals surface area contributed by atoms with Crippen LogP contribution in [0.2, 0.25) is 0 Å². The van der Waals surface area contributed by atoms with Crippen LogP contribution in [-0.2, 0) is 27.3 Å². The number of benzene rings is 1. The number of carbonyl (C=O) groups excluding carboxylic acids is 2. The van der Waals surface area contributed by atoms with Gasteiger partial charge in [0.25, 0.3) is 0 Å². The number of hydrogen-bond acceptors (Lipinski definition) is 6. The van der Waals surface area contributed by atoms with Crippen molar-refractivity contribution in [2.45, 2.75) is 59.0 Å². The first kappa shape index (κ1) is 27.0. The van der Waals surface area contributed by atoms with Gasteiger partial charge in [-0.05, 0) is 70.8 Å². The van der Waals surface area contributed by atoms with Crippen LogP contribution in [0, 0.1) is 6.92 Å². The third-order valence-corrected chi connectivity index (χ3v) is 6.67. The molecule has 0 bridgehead atoms. The van der Waals surface area contributed by atoms with Crippen molar-refractivity contribution in [3.63, 3.8) is 0 Å². The molecule has 1 fully saturated rings. The fraction of sp³-hybridized carbons (Fsp3) is 0.571. The van der Waals surface area contributed by atoms with Crippen molar-refractivity contribution >= 4 is 11.9 Å². The number of likely N-dealkylation sites (tertiary alicyclic amines) is 1. The molecule has 1 unspecified atom stereocenters. The van der Waals surface area contributed by atoms with Crippen molar-refractivity contribution in [1.29, 1.82) is 0 Å². The van der Waals surface area contributed by atoms with Gasteiger partial charge in [0, 0.05) is 19.6 Å². The normalized spacial score (nSPS) is 15.2. The maximum absolute atomic E-state index is 13.6. The molecule has 1 aliphatic heterocycles. The number of ether oxygens (including phenoxy) is 1. The van der Waals surface area contributed by atoms with Gasteiger partial charge in [-0.25, -0.2) is 0 Å². The van der Waals surface area contributed by atoms with Gasteiger partial charge in [0.15, 0.2) is 0 Å². The van der Waals surface area contributed by atoms with Crippen LogP contribution in [0.15, 0.2) is 46.9 Å². The molecule has 1 aromatic carbocycles. The van der Waals surface area contributed by atoms with Crippen molar-refractivity contribution in [2.75, 3.05) is 45.9 Å². The highest BCUT2D eigenvalue weighted by Gasteiger charge is 2.27. The van der Waals surface area contributed by atoms with Gasteiger partial charge in [0.05, 0.1) is 19.7 Å². The number of furan rings is 1. The summed E-state index contributed by atoms with van der Waals surface area (Å²) in [7, 11) is 0. The largest absolute Gasteiger partial charge is 0.465 e. The molecule has 1 aromatic heterocycles. The van der Waals surface area contributed by atoms with E-state index in [0.717, 1.165) is 37.6 Å². The zero-order valence-corrected chi connectivity index (χ0v) is 21.6. The summed E-state index contributed by atoms with van der Waals surface area (Å²) >= 11 is 0. The van der Waals surface area contributed by atoms with E-state index in [1.807, 2.05) is 60.9 Å². The Morgan fingerprint density at radius 1 is 1.06 bits per heavy atom. The maximum Gasteiger partial charge on any atom is 0.323 e. The average molecular weight is 484 g/mol. The van der Waals surface area contributed by atoms with Crippen molar-refractivity contribution in [1.82, 2.24) is 14.7 Å². The van der Waals surface area contributed by atoms with Crippen LogP contribution in [0.1, 0.15) is 50.2 Å². The van der Waals surface area contributed by atoms with Crippen molar-refractivity contribution < 1.29 is 18.7 Å². The molecule has 7 heteroatoms. The molecule has 1 saturated heterocycles. The molecular weight excluding hydrogens is 442 g/mol. The Morgan fingerprint density at radius 3 is 2.46 bits per heavy atom. The third kappa shape index (κ3) is 8.82. The second-order valence-corrected chi connectivity index (χ2v) is 9.36. The second kappa shape index (κ2) is 14.0. The highest BCUT2D eigenvalue weighted by Crippen LogP contribution is 2.14. The summed E-state index contributed by atoms with van der Waals surface area (Å²) in [4.78, 5) is 32.4. The SMILES string of the molecule is CCOC(=O)C(C)N(CCN1CCCCC1)CC(=O)N(CCc1ccccc1)Cc1ccc(C)o1. The molecule has 1 amide bonds. The summed E-state index contributed by atoms with van der Waals surface area (Å²) in [5, 5.41) is 0. The van der Waals surface area contributed by atoms with E-state index in [1.165, 1.54) is 24.8 Å². The molecule has 35 heavy (non-hydrogen) atoms. The van der Waals surface area contributed by atoms with E-state index < -0.39 is 6.04 Å². The lowest BCUT2D eigenvalue weighted by Gasteiger charge is -2.33. The predicted octanol–water partition coefficient (Wildman–Crippen LogP) is 3.90. The Labute approximate surface area is 210 Å². The van der Waals surface area contributed by atoms with Gasteiger partial charge in [-0.1, -0.05) is 36.8 Å². The van der Waals surface area contributed by atoms with Crippen LogP contribution in [-0.4, -0.2) is 78.5 Å².